The molecule has 2 rings (SSSR count). The fourth-order valence-electron chi connectivity index (χ4n) is 1.50. The van der Waals surface area contributed by atoms with Gasteiger partial charge in [0.1, 0.15) is 5.76 Å². The van der Waals surface area contributed by atoms with Gasteiger partial charge in [-0.25, -0.2) is 5.43 Å². The van der Waals surface area contributed by atoms with Crippen molar-refractivity contribution in [3.63, 3.8) is 0 Å². The second-order valence-electron chi connectivity index (χ2n) is 3.85. The van der Waals surface area contributed by atoms with E-state index in [0.717, 1.165) is 11.3 Å². The zero-order valence-corrected chi connectivity index (χ0v) is 10.3. The van der Waals surface area contributed by atoms with Crippen molar-refractivity contribution < 1.29 is 9.21 Å². The van der Waals surface area contributed by atoms with Crippen molar-refractivity contribution >= 4 is 18.2 Å². The number of nitrogens with zero attached hydrogens (tertiary/aromatic N) is 1. The summed E-state index contributed by atoms with van der Waals surface area (Å²) >= 11 is 0. The fourth-order valence-corrected chi connectivity index (χ4v) is 1.50. The SMILES string of the molecule is O=C(Cc1ccccc1)NN=CC=Cc1ccco1. The number of hydrogen-bond donors (Lipinski definition) is 1. The molecule has 0 spiro atoms. The van der Waals surface area contributed by atoms with Gasteiger partial charge in [0.2, 0.25) is 5.91 Å². The molecule has 1 aromatic heterocycles. The Morgan fingerprint density at radius 3 is 2.79 bits per heavy atom. The molecule has 96 valence electrons. The lowest BCUT2D eigenvalue weighted by molar-refractivity contribution is -0.120. The van der Waals surface area contributed by atoms with Crippen LogP contribution in [0.4, 0.5) is 0 Å². The number of furan rings is 1. The van der Waals surface area contributed by atoms with Crippen LogP contribution in [-0.2, 0) is 11.2 Å². The number of hydrazone groups is 1. The van der Waals surface area contributed by atoms with E-state index in [2.05, 4.69) is 10.5 Å². The molecule has 1 amide bonds. The van der Waals surface area contributed by atoms with Crippen molar-refractivity contribution in [3.05, 3.63) is 66.1 Å². The Bertz CT molecular complexity index is 557. The van der Waals surface area contributed by atoms with Crippen LogP contribution in [0.25, 0.3) is 6.08 Å². The van der Waals surface area contributed by atoms with Crippen molar-refractivity contribution in [2.24, 2.45) is 5.10 Å². The molecule has 0 fully saturated rings. The van der Waals surface area contributed by atoms with Crippen LogP contribution >= 0.6 is 0 Å². The number of benzene rings is 1. The molecule has 1 aromatic carbocycles. The minimum atomic E-state index is -0.145. The van der Waals surface area contributed by atoms with Gasteiger partial charge < -0.3 is 4.42 Å². The van der Waals surface area contributed by atoms with Crippen LogP contribution in [0.15, 0.2) is 64.3 Å². The van der Waals surface area contributed by atoms with Crippen LogP contribution in [0, 0.1) is 0 Å². The van der Waals surface area contributed by atoms with Crippen LogP contribution in [0.1, 0.15) is 11.3 Å². The molecule has 19 heavy (non-hydrogen) atoms. The highest BCUT2D eigenvalue weighted by atomic mass is 16.3. The molecule has 0 aliphatic heterocycles. The van der Waals surface area contributed by atoms with Crippen molar-refractivity contribution in [2.45, 2.75) is 6.42 Å². The lowest BCUT2D eigenvalue weighted by Crippen LogP contribution is -2.19. The Labute approximate surface area is 111 Å². The van der Waals surface area contributed by atoms with E-state index >= 15 is 0 Å². The number of amides is 1. The molecule has 0 aliphatic rings. The molecule has 1 heterocycles. The topological polar surface area (TPSA) is 54.6 Å². The van der Waals surface area contributed by atoms with E-state index in [1.165, 1.54) is 6.21 Å². The molecule has 0 unspecified atom stereocenters. The van der Waals surface area contributed by atoms with Crippen LogP contribution in [-0.4, -0.2) is 12.1 Å². The number of carbonyl (C=O) groups excluding carboxylic acids is 1. The summed E-state index contributed by atoms with van der Waals surface area (Å²) in [6.45, 7) is 0. The molecule has 0 atom stereocenters. The van der Waals surface area contributed by atoms with Gasteiger partial charge in [-0.15, -0.1) is 0 Å². The van der Waals surface area contributed by atoms with Crippen LogP contribution in [0.2, 0.25) is 0 Å². The molecule has 0 saturated carbocycles. The molecule has 0 saturated heterocycles. The van der Waals surface area contributed by atoms with E-state index in [4.69, 9.17) is 4.42 Å². The zero-order chi connectivity index (χ0) is 13.3. The van der Waals surface area contributed by atoms with Gasteiger partial charge in [0.25, 0.3) is 0 Å². The Kier molecular flexibility index (Phi) is 4.70. The van der Waals surface area contributed by atoms with E-state index in [-0.39, 0.29) is 5.91 Å². The predicted octanol–water partition coefficient (Wildman–Crippen LogP) is 2.64. The molecular weight excluding hydrogens is 240 g/mol. The summed E-state index contributed by atoms with van der Waals surface area (Å²) in [5, 5.41) is 3.81. The van der Waals surface area contributed by atoms with Gasteiger partial charge in [-0.1, -0.05) is 30.3 Å². The van der Waals surface area contributed by atoms with Gasteiger partial charge in [-0.2, -0.15) is 5.10 Å². The lowest BCUT2D eigenvalue weighted by atomic mass is 10.1. The average Bonchev–Trinajstić information content (AvgIpc) is 2.92. The highest BCUT2D eigenvalue weighted by molar-refractivity contribution is 5.82. The summed E-state index contributed by atoms with van der Waals surface area (Å²) in [4.78, 5) is 11.5. The average molecular weight is 254 g/mol. The molecule has 2 aromatic rings. The van der Waals surface area contributed by atoms with E-state index in [1.807, 2.05) is 36.4 Å². The third-order valence-corrected chi connectivity index (χ3v) is 2.36. The fraction of sp³-hybridized carbons (Fsp3) is 0.0667. The number of hydrogen-bond acceptors (Lipinski definition) is 3. The Hall–Kier alpha value is -2.62. The van der Waals surface area contributed by atoms with Crippen molar-refractivity contribution in [1.29, 1.82) is 0 Å². The summed E-state index contributed by atoms with van der Waals surface area (Å²) in [5.74, 6) is 0.593. The molecular formula is C15H14N2O2. The quantitative estimate of drug-likeness (QED) is 0.658. The van der Waals surface area contributed by atoms with Crippen LogP contribution in [0.3, 0.4) is 0 Å². The summed E-state index contributed by atoms with van der Waals surface area (Å²) in [6, 6.07) is 13.2. The van der Waals surface area contributed by atoms with Crippen molar-refractivity contribution in [3.8, 4) is 0 Å². The minimum Gasteiger partial charge on any atom is -0.465 e. The first-order valence-corrected chi connectivity index (χ1v) is 5.90. The minimum absolute atomic E-state index is 0.145. The van der Waals surface area contributed by atoms with Crippen molar-refractivity contribution in [1.82, 2.24) is 5.43 Å². The Balaban J connectivity index is 1.74. The Morgan fingerprint density at radius 2 is 2.05 bits per heavy atom. The number of carbonyl (C=O) groups is 1. The Morgan fingerprint density at radius 1 is 1.21 bits per heavy atom. The summed E-state index contributed by atoms with van der Waals surface area (Å²) in [5.41, 5.74) is 3.42. The number of nitrogens with one attached hydrogen (secondary N) is 1. The summed E-state index contributed by atoms with van der Waals surface area (Å²) in [7, 11) is 0. The number of allylic oxidation sites excluding steroid dienone is 1. The second-order valence-corrected chi connectivity index (χ2v) is 3.85. The van der Waals surface area contributed by atoms with Crippen LogP contribution < -0.4 is 5.43 Å². The third kappa shape index (κ3) is 4.63. The largest absolute Gasteiger partial charge is 0.465 e. The second kappa shape index (κ2) is 6.96. The highest BCUT2D eigenvalue weighted by Gasteiger charge is 1.99. The van der Waals surface area contributed by atoms with Gasteiger partial charge in [0.05, 0.1) is 12.7 Å². The molecule has 4 nitrogen and oxygen atoms in total. The summed E-state index contributed by atoms with van der Waals surface area (Å²) in [6.07, 6.45) is 6.87. The number of rotatable bonds is 5. The predicted molar refractivity (Wildman–Crippen MR) is 74.5 cm³/mol. The lowest BCUT2D eigenvalue weighted by Gasteiger charge is -1.98. The smallest absolute Gasteiger partial charge is 0.244 e. The first-order valence-electron chi connectivity index (χ1n) is 5.90. The first kappa shape index (κ1) is 12.8. The first-order chi connectivity index (χ1) is 9.34. The monoisotopic (exact) mass is 254 g/mol. The van der Waals surface area contributed by atoms with Gasteiger partial charge in [0.15, 0.2) is 0 Å². The maximum Gasteiger partial charge on any atom is 0.244 e. The molecule has 1 N–H and O–H groups in total. The zero-order valence-electron chi connectivity index (χ0n) is 10.3. The highest BCUT2D eigenvalue weighted by Crippen LogP contribution is 2.01. The normalized spacial score (nSPS) is 11.2. The van der Waals surface area contributed by atoms with Crippen LogP contribution in [0.5, 0.6) is 0 Å². The molecule has 4 heteroatoms. The van der Waals surface area contributed by atoms with Gasteiger partial charge in [-0.3, -0.25) is 4.79 Å². The molecule has 0 radical (unpaired) electrons. The van der Waals surface area contributed by atoms with E-state index in [0.29, 0.717) is 6.42 Å². The maximum absolute atomic E-state index is 11.5. The molecule has 0 aliphatic carbocycles. The maximum atomic E-state index is 11.5. The van der Waals surface area contributed by atoms with Gasteiger partial charge >= 0.3 is 0 Å². The summed E-state index contributed by atoms with van der Waals surface area (Å²) < 4.78 is 5.10. The van der Waals surface area contributed by atoms with Gasteiger partial charge in [-0.05, 0) is 29.8 Å². The van der Waals surface area contributed by atoms with E-state index in [9.17, 15) is 4.79 Å². The standard InChI is InChI=1S/C15H14N2O2/c18-15(12-13-6-2-1-3-7-13)17-16-10-4-8-14-9-5-11-19-14/h1-11H,12H2,(H,17,18). The van der Waals surface area contributed by atoms with E-state index < -0.39 is 0 Å². The third-order valence-electron chi connectivity index (χ3n) is 2.36. The van der Waals surface area contributed by atoms with E-state index in [1.54, 1.807) is 24.5 Å². The molecule has 0 bridgehead atoms. The van der Waals surface area contributed by atoms with Crippen molar-refractivity contribution in [2.75, 3.05) is 0 Å². The van der Waals surface area contributed by atoms with Gasteiger partial charge in [0, 0.05) is 6.21 Å².